The van der Waals surface area contributed by atoms with Crippen LogP contribution in [-0.4, -0.2) is 37.0 Å². The van der Waals surface area contributed by atoms with Gasteiger partial charge in [0, 0.05) is 29.7 Å². The number of hydrogen-bond acceptors (Lipinski definition) is 3. The summed E-state index contributed by atoms with van der Waals surface area (Å²) < 4.78 is 5.35. The molecule has 0 aliphatic carbocycles. The predicted octanol–water partition coefficient (Wildman–Crippen LogP) is 5.18. The Labute approximate surface area is 182 Å². The molecule has 3 rings (SSSR count). The number of anilines is 2. The predicted molar refractivity (Wildman–Crippen MR) is 120 cm³/mol. The molecule has 0 spiro atoms. The van der Waals surface area contributed by atoms with E-state index in [1.54, 1.807) is 36.3 Å². The third kappa shape index (κ3) is 5.45. The first-order valence-electron chi connectivity index (χ1n) is 10.1. The molecule has 30 heavy (non-hydrogen) atoms. The highest BCUT2D eigenvalue weighted by Crippen LogP contribution is 2.29. The monoisotopic (exact) mass is 429 g/mol. The van der Waals surface area contributed by atoms with Crippen molar-refractivity contribution in [2.45, 2.75) is 26.7 Å². The van der Waals surface area contributed by atoms with Crippen LogP contribution in [0.4, 0.5) is 16.2 Å². The highest BCUT2D eigenvalue weighted by molar-refractivity contribution is 6.30. The molecule has 0 bridgehead atoms. The van der Waals surface area contributed by atoms with E-state index in [0.717, 1.165) is 18.4 Å². The summed E-state index contributed by atoms with van der Waals surface area (Å²) in [6.07, 6.45) is 1.57. The van der Waals surface area contributed by atoms with Crippen molar-refractivity contribution in [1.29, 1.82) is 0 Å². The van der Waals surface area contributed by atoms with Gasteiger partial charge < -0.3 is 20.3 Å². The van der Waals surface area contributed by atoms with Crippen LogP contribution in [-0.2, 0) is 4.79 Å². The molecule has 1 atom stereocenters. The van der Waals surface area contributed by atoms with Crippen molar-refractivity contribution in [3.63, 3.8) is 0 Å². The van der Waals surface area contributed by atoms with Crippen molar-refractivity contribution in [2.24, 2.45) is 11.8 Å². The lowest BCUT2D eigenvalue weighted by atomic mass is 9.85. The summed E-state index contributed by atoms with van der Waals surface area (Å²) in [7, 11) is 1.59. The molecule has 1 fully saturated rings. The van der Waals surface area contributed by atoms with E-state index in [2.05, 4.69) is 10.6 Å². The van der Waals surface area contributed by atoms with E-state index < -0.39 is 0 Å². The number of likely N-dealkylation sites (tertiary alicyclic amines) is 1. The van der Waals surface area contributed by atoms with Crippen molar-refractivity contribution in [1.82, 2.24) is 4.90 Å². The van der Waals surface area contributed by atoms with Crippen molar-refractivity contribution < 1.29 is 14.3 Å². The number of carbonyl (C=O) groups excluding carboxylic acids is 2. The normalized spacial score (nSPS) is 15.4. The summed E-state index contributed by atoms with van der Waals surface area (Å²) in [4.78, 5) is 27.1. The number of amides is 3. The van der Waals surface area contributed by atoms with Crippen LogP contribution in [0.3, 0.4) is 0 Å². The van der Waals surface area contributed by atoms with Gasteiger partial charge in [-0.2, -0.15) is 0 Å². The van der Waals surface area contributed by atoms with Gasteiger partial charge in [-0.25, -0.2) is 4.79 Å². The number of aryl methyl sites for hydroxylation is 1. The van der Waals surface area contributed by atoms with Crippen LogP contribution < -0.4 is 15.4 Å². The second kappa shape index (κ2) is 9.85. The SMILES string of the molecule is COc1ccc(C)cc1NC(=O)[C@H](C)C1CCN(C(=O)Nc2ccc(Cl)cc2)CC1. The van der Waals surface area contributed by atoms with Gasteiger partial charge in [0.1, 0.15) is 5.75 Å². The van der Waals surface area contributed by atoms with Crippen LogP contribution in [0.2, 0.25) is 5.02 Å². The van der Waals surface area contributed by atoms with Gasteiger partial charge in [-0.1, -0.05) is 24.6 Å². The Hall–Kier alpha value is -2.73. The number of hydrogen-bond donors (Lipinski definition) is 2. The lowest BCUT2D eigenvalue weighted by Crippen LogP contribution is -2.43. The highest BCUT2D eigenvalue weighted by atomic mass is 35.5. The van der Waals surface area contributed by atoms with Gasteiger partial charge in [0.05, 0.1) is 12.8 Å². The van der Waals surface area contributed by atoms with E-state index in [1.807, 2.05) is 32.0 Å². The molecule has 1 aliphatic heterocycles. The zero-order valence-electron chi connectivity index (χ0n) is 17.6. The fraction of sp³-hybridized carbons (Fsp3) is 0.391. The Morgan fingerprint density at radius 1 is 1.10 bits per heavy atom. The van der Waals surface area contributed by atoms with Gasteiger partial charge in [-0.15, -0.1) is 0 Å². The summed E-state index contributed by atoms with van der Waals surface area (Å²) in [6, 6.07) is 12.6. The van der Waals surface area contributed by atoms with Crippen molar-refractivity contribution in [2.75, 3.05) is 30.8 Å². The van der Waals surface area contributed by atoms with E-state index in [4.69, 9.17) is 16.3 Å². The molecule has 160 valence electrons. The second-order valence-electron chi connectivity index (χ2n) is 7.74. The molecule has 1 aliphatic rings. The summed E-state index contributed by atoms with van der Waals surface area (Å²) in [5, 5.41) is 6.52. The number of carbonyl (C=O) groups is 2. The van der Waals surface area contributed by atoms with Crippen LogP contribution >= 0.6 is 11.6 Å². The summed E-state index contributed by atoms with van der Waals surface area (Å²) >= 11 is 5.88. The fourth-order valence-corrected chi connectivity index (χ4v) is 3.84. The van der Waals surface area contributed by atoms with E-state index >= 15 is 0 Å². The maximum atomic E-state index is 12.8. The van der Waals surface area contributed by atoms with Gasteiger partial charge in [0.25, 0.3) is 0 Å². The number of nitrogens with one attached hydrogen (secondary N) is 2. The standard InChI is InChI=1S/C23H28ClN3O3/c1-15-4-9-21(30-3)20(14-15)26-22(28)16(2)17-10-12-27(13-11-17)23(29)25-19-7-5-18(24)6-8-19/h4-9,14,16-17H,10-13H2,1-3H3,(H,25,29)(H,26,28)/t16-/m1/s1. The Morgan fingerprint density at radius 2 is 1.77 bits per heavy atom. The summed E-state index contributed by atoms with van der Waals surface area (Å²) in [5.74, 6) is 0.690. The molecule has 6 nitrogen and oxygen atoms in total. The minimum absolute atomic E-state index is 0.0250. The molecule has 3 amide bonds. The number of urea groups is 1. The lowest BCUT2D eigenvalue weighted by Gasteiger charge is -2.34. The molecule has 0 radical (unpaired) electrons. The first-order chi connectivity index (χ1) is 14.4. The molecule has 2 N–H and O–H groups in total. The Balaban J connectivity index is 1.52. The first kappa shape index (κ1) is 22.0. The summed E-state index contributed by atoms with van der Waals surface area (Å²) in [6.45, 7) is 5.17. The number of rotatable bonds is 5. The van der Waals surface area contributed by atoms with Crippen LogP contribution in [0.25, 0.3) is 0 Å². The van der Waals surface area contributed by atoms with Crippen LogP contribution in [0, 0.1) is 18.8 Å². The van der Waals surface area contributed by atoms with Crippen molar-refractivity contribution >= 4 is 34.9 Å². The number of methoxy groups -OCH3 is 1. The number of ether oxygens (including phenoxy) is 1. The second-order valence-corrected chi connectivity index (χ2v) is 8.18. The van der Waals surface area contributed by atoms with Crippen molar-refractivity contribution in [3.8, 4) is 5.75 Å². The third-order valence-corrected chi connectivity index (χ3v) is 5.91. The molecule has 1 heterocycles. The largest absolute Gasteiger partial charge is 0.495 e. The minimum Gasteiger partial charge on any atom is -0.495 e. The quantitative estimate of drug-likeness (QED) is 0.688. The van der Waals surface area contributed by atoms with Gasteiger partial charge >= 0.3 is 6.03 Å². The maximum Gasteiger partial charge on any atom is 0.321 e. The number of benzene rings is 2. The van der Waals surface area contributed by atoms with Crippen LogP contribution in [0.1, 0.15) is 25.3 Å². The third-order valence-electron chi connectivity index (χ3n) is 5.66. The Kier molecular flexibility index (Phi) is 7.21. The molecular weight excluding hydrogens is 402 g/mol. The zero-order chi connectivity index (χ0) is 21.7. The van der Waals surface area contributed by atoms with Crippen LogP contribution in [0.5, 0.6) is 5.75 Å². The van der Waals surface area contributed by atoms with E-state index in [0.29, 0.717) is 35.2 Å². The van der Waals surface area contributed by atoms with Gasteiger partial charge in [-0.05, 0) is 67.6 Å². The van der Waals surface area contributed by atoms with Gasteiger partial charge in [0.15, 0.2) is 0 Å². The molecule has 2 aromatic carbocycles. The average Bonchev–Trinajstić information content (AvgIpc) is 2.75. The smallest absolute Gasteiger partial charge is 0.321 e. The number of halogens is 1. The first-order valence-corrected chi connectivity index (χ1v) is 10.5. The van der Waals surface area contributed by atoms with Crippen molar-refractivity contribution in [3.05, 3.63) is 53.1 Å². The van der Waals surface area contributed by atoms with Crippen LogP contribution in [0.15, 0.2) is 42.5 Å². The molecule has 0 unspecified atom stereocenters. The Morgan fingerprint density at radius 3 is 2.40 bits per heavy atom. The summed E-state index contributed by atoms with van der Waals surface area (Å²) in [5.41, 5.74) is 2.46. The topological polar surface area (TPSA) is 70.7 Å². The maximum absolute atomic E-state index is 12.8. The van der Waals surface area contributed by atoms with E-state index in [-0.39, 0.29) is 23.8 Å². The van der Waals surface area contributed by atoms with Gasteiger partial charge in [-0.3, -0.25) is 4.79 Å². The zero-order valence-corrected chi connectivity index (χ0v) is 18.3. The lowest BCUT2D eigenvalue weighted by molar-refractivity contribution is -0.121. The van der Waals surface area contributed by atoms with Gasteiger partial charge in [0.2, 0.25) is 5.91 Å². The minimum atomic E-state index is -0.156. The molecule has 0 aromatic heterocycles. The molecule has 0 saturated carbocycles. The van der Waals surface area contributed by atoms with E-state index in [1.165, 1.54) is 0 Å². The Bertz CT molecular complexity index is 893. The van der Waals surface area contributed by atoms with E-state index in [9.17, 15) is 9.59 Å². The average molecular weight is 430 g/mol. The molecule has 1 saturated heterocycles. The molecular formula is C23H28ClN3O3. The fourth-order valence-electron chi connectivity index (χ4n) is 3.72. The molecule has 2 aromatic rings. The number of nitrogens with zero attached hydrogens (tertiary/aromatic N) is 1. The number of piperidine rings is 1. The highest BCUT2D eigenvalue weighted by Gasteiger charge is 2.30. The molecule has 7 heteroatoms.